The highest BCUT2D eigenvalue weighted by Gasteiger charge is 2.20. The van der Waals surface area contributed by atoms with Crippen molar-refractivity contribution in [3.8, 4) is 0 Å². The molecule has 1 heterocycles. The van der Waals surface area contributed by atoms with Crippen LogP contribution < -0.4 is 5.32 Å². The number of nitrogens with one attached hydrogen (secondary N) is 1. The first kappa shape index (κ1) is 22.3. The van der Waals surface area contributed by atoms with E-state index >= 15 is 0 Å². The lowest BCUT2D eigenvalue weighted by molar-refractivity contribution is -0.117. The number of carbonyl (C=O) groups is 1. The second-order valence-electron chi connectivity index (χ2n) is 7.30. The Kier molecular flexibility index (Phi) is 7.52. The molecule has 0 bridgehead atoms. The van der Waals surface area contributed by atoms with Crippen molar-refractivity contribution < 1.29 is 22.0 Å². The molecule has 1 fully saturated rings. The topological polar surface area (TPSA) is 69.7 Å². The Morgan fingerprint density at radius 1 is 0.867 bits per heavy atom. The predicted molar refractivity (Wildman–Crippen MR) is 111 cm³/mol. The van der Waals surface area contributed by atoms with E-state index in [-0.39, 0.29) is 28.9 Å². The summed E-state index contributed by atoms with van der Waals surface area (Å²) in [5.41, 5.74) is 0.558. The van der Waals surface area contributed by atoms with Gasteiger partial charge in [-0.2, -0.15) is 0 Å². The Morgan fingerprint density at radius 3 is 2.00 bits per heavy atom. The third-order valence-electron chi connectivity index (χ3n) is 5.02. The number of hydrogen-bond donors (Lipinski definition) is 1. The molecule has 0 spiro atoms. The van der Waals surface area contributed by atoms with Crippen molar-refractivity contribution >= 4 is 21.4 Å². The van der Waals surface area contributed by atoms with Crippen LogP contribution in [0.2, 0.25) is 0 Å². The largest absolute Gasteiger partial charge is 0.325 e. The number of carbonyl (C=O) groups excluding carboxylic acids is 1. The lowest BCUT2D eigenvalue weighted by Gasteiger charge is -2.34. The Hall–Kier alpha value is -2.36. The van der Waals surface area contributed by atoms with Gasteiger partial charge in [0.1, 0.15) is 11.6 Å². The molecule has 0 radical (unpaired) electrons. The van der Waals surface area contributed by atoms with Gasteiger partial charge in [0.15, 0.2) is 9.84 Å². The standard InChI is InChI=1S/C21H25F2N3O3S/c22-17-2-6-19(7-3-17)24-21(27)16-26-13-11-25(12-14-26)10-1-15-30(28,29)20-8-4-18(23)5-9-20/h2-9H,1,10-16H2,(H,24,27). The summed E-state index contributed by atoms with van der Waals surface area (Å²) in [5.74, 6) is -0.952. The van der Waals surface area contributed by atoms with E-state index in [0.29, 0.717) is 31.7 Å². The zero-order valence-electron chi connectivity index (χ0n) is 16.6. The SMILES string of the molecule is O=C(CN1CCN(CCCS(=O)(=O)c2ccc(F)cc2)CC1)Nc1ccc(F)cc1. The molecule has 162 valence electrons. The van der Waals surface area contributed by atoms with Gasteiger partial charge in [0.2, 0.25) is 5.91 Å². The van der Waals surface area contributed by atoms with E-state index in [2.05, 4.69) is 10.2 Å². The van der Waals surface area contributed by atoms with Crippen molar-refractivity contribution in [1.29, 1.82) is 0 Å². The number of benzene rings is 2. The number of sulfone groups is 1. The minimum absolute atomic E-state index is 0.0128. The number of amides is 1. The molecule has 9 heteroatoms. The van der Waals surface area contributed by atoms with Gasteiger partial charge in [-0.05, 0) is 61.5 Å². The summed E-state index contributed by atoms with van der Waals surface area (Å²) in [5, 5.41) is 2.75. The van der Waals surface area contributed by atoms with Gasteiger partial charge in [-0.3, -0.25) is 9.69 Å². The zero-order valence-corrected chi connectivity index (χ0v) is 17.4. The predicted octanol–water partition coefficient (Wildman–Crippen LogP) is 2.38. The van der Waals surface area contributed by atoms with Crippen molar-refractivity contribution in [3.63, 3.8) is 0 Å². The van der Waals surface area contributed by atoms with Gasteiger partial charge in [0, 0.05) is 31.9 Å². The molecule has 2 aromatic carbocycles. The lowest BCUT2D eigenvalue weighted by atomic mass is 10.3. The van der Waals surface area contributed by atoms with Crippen LogP contribution in [0.1, 0.15) is 6.42 Å². The van der Waals surface area contributed by atoms with E-state index in [0.717, 1.165) is 25.2 Å². The molecule has 6 nitrogen and oxygen atoms in total. The van der Waals surface area contributed by atoms with E-state index < -0.39 is 15.7 Å². The van der Waals surface area contributed by atoms with E-state index in [4.69, 9.17) is 0 Å². The van der Waals surface area contributed by atoms with Crippen LogP contribution in [0.4, 0.5) is 14.5 Å². The maximum absolute atomic E-state index is 13.0. The third kappa shape index (κ3) is 6.58. The van der Waals surface area contributed by atoms with Gasteiger partial charge in [-0.25, -0.2) is 17.2 Å². The van der Waals surface area contributed by atoms with E-state index in [1.165, 1.54) is 36.4 Å². The van der Waals surface area contributed by atoms with Crippen LogP contribution in [0.25, 0.3) is 0 Å². The Morgan fingerprint density at radius 2 is 1.40 bits per heavy atom. The molecular weight excluding hydrogens is 412 g/mol. The second kappa shape index (κ2) is 10.1. The number of piperazine rings is 1. The zero-order chi connectivity index (χ0) is 21.6. The van der Waals surface area contributed by atoms with Gasteiger partial charge >= 0.3 is 0 Å². The third-order valence-corrected chi connectivity index (χ3v) is 6.84. The van der Waals surface area contributed by atoms with Gasteiger partial charge < -0.3 is 10.2 Å². The Bertz CT molecular complexity index is 942. The molecule has 30 heavy (non-hydrogen) atoms. The number of hydrogen-bond acceptors (Lipinski definition) is 5. The second-order valence-corrected chi connectivity index (χ2v) is 9.41. The van der Waals surface area contributed by atoms with Crippen LogP contribution in [0.3, 0.4) is 0 Å². The highest BCUT2D eigenvalue weighted by molar-refractivity contribution is 7.91. The number of halogens is 2. The van der Waals surface area contributed by atoms with Gasteiger partial charge in [0.25, 0.3) is 0 Å². The molecule has 1 N–H and O–H groups in total. The molecule has 1 aliphatic heterocycles. The van der Waals surface area contributed by atoms with Gasteiger partial charge in [-0.1, -0.05) is 0 Å². The van der Waals surface area contributed by atoms with Crippen LogP contribution in [0.5, 0.6) is 0 Å². The molecule has 0 aliphatic carbocycles. The summed E-state index contributed by atoms with van der Waals surface area (Å²) in [6, 6.07) is 10.5. The quantitative estimate of drug-likeness (QED) is 0.643. The monoisotopic (exact) mass is 437 g/mol. The van der Waals surface area contributed by atoms with Crippen LogP contribution >= 0.6 is 0 Å². The first-order valence-electron chi connectivity index (χ1n) is 9.80. The molecule has 0 aromatic heterocycles. The first-order chi connectivity index (χ1) is 14.3. The van der Waals surface area contributed by atoms with Crippen molar-refractivity contribution in [3.05, 3.63) is 60.2 Å². The Balaban J connectivity index is 1.36. The lowest BCUT2D eigenvalue weighted by Crippen LogP contribution is -2.48. The van der Waals surface area contributed by atoms with Crippen molar-refractivity contribution in [2.75, 3.05) is 50.3 Å². The molecule has 0 unspecified atom stereocenters. The fourth-order valence-corrected chi connectivity index (χ4v) is 4.64. The van der Waals surface area contributed by atoms with Crippen LogP contribution in [0.15, 0.2) is 53.4 Å². The molecule has 1 saturated heterocycles. The molecule has 0 atom stereocenters. The Labute approximate surface area is 175 Å². The van der Waals surface area contributed by atoms with Crippen LogP contribution in [-0.4, -0.2) is 69.1 Å². The normalized spacial score (nSPS) is 15.8. The van der Waals surface area contributed by atoms with Gasteiger partial charge in [0.05, 0.1) is 17.2 Å². The fraction of sp³-hybridized carbons (Fsp3) is 0.381. The molecule has 3 rings (SSSR count). The van der Waals surface area contributed by atoms with Crippen molar-refractivity contribution in [2.45, 2.75) is 11.3 Å². The minimum atomic E-state index is -3.42. The van der Waals surface area contributed by atoms with Crippen LogP contribution in [0, 0.1) is 11.6 Å². The molecular formula is C21H25F2N3O3S. The fourth-order valence-electron chi connectivity index (χ4n) is 3.35. The summed E-state index contributed by atoms with van der Waals surface area (Å²) in [7, 11) is -3.42. The maximum Gasteiger partial charge on any atom is 0.238 e. The van der Waals surface area contributed by atoms with Crippen molar-refractivity contribution in [1.82, 2.24) is 9.80 Å². The molecule has 2 aromatic rings. The first-order valence-corrected chi connectivity index (χ1v) is 11.5. The highest BCUT2D eigenvalue weighted by atomic mass is 32.2. The summed E-state index contributed by atoms with van der Waals surface area (Å²) >= 11 is 0. The van der Waals surface area contributed by atoms with E-state index in [1.807, 2.05) is 4.90 Å². The smallest absolute Gasteiger partial charge is 0.238 e. The van der Waals surface area contributed by atoms with Gasteiger partial charge in [-0.15, -0.1) is 0 Å². The van der Waals surface area contributed by atoms with E-state index in [1.54, 1.807) is 0 Å². The van der Waals surface area contributed by atoms with Crippen LogP contribution in [-0.2, 0) is 14.6 Å². The number of nitrogens with zero attached hydrogens (tertiary/aromatic N) is 2. The van der Waals surface area contributed by atoms with Crippen molar-refractivity contribution in [2.24, 2.45) is 0 Å². The number of rotatable bonds is 8. The average Bonchev–Trinajstić information content (AvgIpc) is 2.71. The molecule has 0 saturated carbocycles. The average molecular weight is 438 g/mol. The highest BCUT2D eigenvalue weighted by Crippen LogP contribution is 2.14. The maximum atomic E-state index is 13.0. The summed E-state index contributed by atoms with van der Waals surface area (Å²) in [6.07, 6.45) is 0.491. The summed E-state index contributed by atoms with van der Waals surface area (Å²) < 4.78 is 50.5. The minimum Gasteiger partial charge on any atom is -0.325 e. The molecule has 1 aliphatic rings. The van der Waals surface area contributed by atoms with E-state index in [9.17, 15) is 22.0 Å². The summed E-state index contributed by atoms with van der Waals surface area (Å²) in [6.45, 7) is 3.82. The summed E-state index contributed by atoms with van der Waals surface area (Å²) in [4.78, 5) is 16.5. The number of anilines is 1. The molecule has 1 amide bonds.